The Bertz CT molecular complexity index is 643. The van der Waals surface area contributed by atoms with Crippen LogP contribution in [0.3, 0.4) is 0 Å². The van der Waals surface area contributed by atoms with E-state index in [9.17, 15) is 0 Å². The highest BCUT2D eigenvalue weighted by Gasteiger charge is 2.15. The Morgan fingerprint density at radius 3 is 2.38 bits per heavy atom. The van der Waals surface area contributed by atoms with Gasteiger partial charge in [-0.3, -0.25) is 0 Å². The van der Waals surface area contributed by atoms with Crippen LogP contribution in [0.25, 0.3) is 0 Å². The fraction of sp³-hybridized carbons (Fsp3) is 0.412. The van der Waals surface area contributed by atoms with E-state index < -0.39 is 0 Å². The standard InChI is InChI=1S/C17H25N5O2/c1-13-6-4-5-7-14(13)21-16-15(18)17(20-12-19-16)22(8-10-23-2)9-11-24-3/h4-7,12H,8-11,18H2,1-3H3,(H,19,20,21). The minimum atomic E-state index is 0.507. The van der Waals surface area contributed by atoms with Gasteiger partial charge in [-0.15, -0.1) is 0 Å². The molecule has 0 fully saturated rings. The molecule has 0 unspecified atom stereocenters. The quantitative estimate of drug-likeness (QED) is 0.728. The van der Waals surface area contributed by atoms with Crippen molar-refractivity contribution in [2.75, 3.05) is 56.5 Å². The van der Waals surface area contributed by atoms with E-state index in [1.165, 1.54) is 6.33 Å². The van der Waals surface area contributed by atoms with Crippen molar-refractivity contribution in [1.29, 1.82) is 0 Å². The van der Waals surface area contributed by atoms with Crippen LogP contribution >= 0.6 is 0 Å². The number of methoxy groups -OCH3 is 2. The maximum absolute atomic E-state index is 6.31. The molecule has 0 spiro atoms. The lowest BCUT2D eigenvalue weighted by atomic mass is 10.2. The lowest BCUT2D eigenvalue weighted by Crippen LogP contribution is -2.32. The average Bonchev–Trinajstić information content (AvgIpc) is 2.59. The van der Waals surface area contributed by atoms with Crippen LogP contribution in [0.15, 0.2) is 30.6 Å². The molecule has 130 valence electrons. The predicted octanol–water partition coefficient (Wildman–Crippen LogP) is 2.21. The molecule has 1 aromatic carbocycles. The minimum Gasteiger partial charge on any atom is -0.393 e. The van der Waals surface area contributed by atoms with Gasteiger partial charge in [-0.1, -0.05) is 18.2 Å². The maximum atomic E-state index is 6.31. The Morgan fingerprint density at radius 2 is 1.75 bits per heavy atom. The van der Waals surface area contributed by atoms with Gasteiger partial charge < -0.3 is 25.4 Å². The molecule has 1 aromatic heterocycles. The first kappa shape index (κ1) is 18.0. The summed E-state index contributed by atoms with van der Waals surface area (Å²) in [6.45, 7) is 4.53. The topological polar surface area (TPSA) is 85.5 Å². The smallest absolute Gasteiger partial charge is 0.159 e. The van der Waals surface area contributed by atoms with Crippen molar-refractivity contribution in [1.82, 2.24) is 9.97 Å². The van der Waals surface area contributed by atoms with E-state index in [-0.39, 0.29) is 0 Å². The Labute approximate surface area is 142 Å². The number of rotatable bonds is 9. The number of para-hydroxylation sites is 1. The number of nitrogens with one attached hydrogen (secondary N) is 1. The van der Waals surface area contributed by atoms with Gasteiger partial charge in [0.05, 0.1) is 13.2 Å². The van der Waals surface area contributed by atoms with Crippen LogP contribution in [0.2, 0.25) is 0 Å². The number of hydrogen-bond donors (Lipinski definition) is 2. The Hall–Kier alpha value is -2.38. The number of anilines is 4. The van der Waals surface area contributed by atoms with Gasteiger partial charge in [-0.05, 0) is 18.6 Å². The van der Waals surface area contributed by atoms with Crippen molar-refractivity contribution in [3.8, 4) is 0 Å². The SMILES string of the molecule is COCCN(CCOC)c1ncnc(Nc2ccccc2C)c1N. The molecule has 0 saturated heterocycles. The summed E-state index contributed by atoms with van der Waals surface area (Å²) in [5.41, 5.74) is 8.91. The number of nitrogens with zero attached hydrogens (tertiary/aromatic N) is 3. The van der Waals surface area contributed by atoms with E-state index in [2.05, 4.69) is 15.3 Å². The van der Waals surface area contributed by atoms with E-state index >= 15 is 0 Å². The zero-order chi connectivity index (χ0) is 17.4. The molecule has 7 nitrogen and oxygen atoms in total. The molecule has 3 N–H and O–H groups in total. The van der Waals surface area contributed by atoms with Gasteiger partial charge in [0.25, 0.3) is 0 Å². The number of aromatic nitrogens is 2. The number of ether oxygens (including phenoxy) is 2. The summed E-state index contributed by atoms with van der Waals surface area (Å²) in [6, 6.07) is 7.98. The van der Waals surface area contributed by atoms with Crippen molar-refractivity contribution < 1.29 is 9.47 Å². The summed E-state index contributed by atoms with van der Waals surface area (Å²) in [5.74, 6) is 1.27. The van der Waals surface area contributed by atoms with Crippen molar-refractivity contribution >= 4 is 23.0 Å². The zero-order valence-corrected chi connectivity index (χ0v) is 14.5. The minimum absolute atomic E-state index is 0.507. The van der Waals surface area contributed by atoms with Crippen LogP contribution in [0.1, 0.15) is 5.56 Å². The van der Waals surface area contributed by atoms with E-state index in [0.29, 0.717) is 43.6 Å². The molecule has 0 aliphatic carbocycles. The fourth-order valence-corrected chi connectivity index (χ4v) is 2.31. The molecule has 0 bridgehead atoms. The summed E-state index contributed by atoms with van der Waals surface area (Å²) < 4.78 is 10.3. The summed E-state index contributed by atoms with van der Waals surface area (Å²) >= 11 is 0. The van der Waals surface area contributed by atoms with E-state index in [4.69, 9.17) is 15.2 Å². The predicted molar refractivity (Wildman–Crippen MR) is 96.9 cm³/mol. The van der Waals surface area contributed by atoms with Crippen LogP contribution in [0, 0.1) is 6.92 Å². The summed E-state index contributed by atoms with van der Waals surface area (Å²) in [4.78, 5) is 10.7. The first-order valence-electron chi connectivity index (χ1n) is 7.83. The molecule has 0 atom stereocenters. The molecular formula is C17H25N5O2. The average molecular weight is 331 g/mol. The normalized spacial score (nSPS) is 10.6. The highest BCUT2D eigenvalue weighted by atomic mass is 16.5. The third kappa shape index (κ3) is 4.56. The fourth-order valence-electron chi connectivity index (χ4n) is 2.31. The number of benzene rings is 1. The van der Waals surface area contributed by atoms with Crippen molar-refractivity contribution in [3.05, 3.63) is 36.2 Å². The van der Waals surface area contributed by atoms with Gasteiger partial charge >= 0.3 is 0 Å². The molecule has 2 rings (SSSR count). The van der Waals surface area contributed by atoms with Gasteiger partial charge in [-0.25, -0.2) is 9.97 Å². The highest BCUT2D eigenvalue weighted by Crippen LogP contribution is 2.29. The Balaban J connectivity index is 2.26. The van der Waals surface area contributed by atoms with Crippen molar-refractivity contribution in [2.24, 2.45) is 0 Å². The lowest BCUT2D eigenvalue weighted by molar-refractivity contribution is 0.190. The van der Waals surface area contributed by atoms with Gasteiger partial charge in [0, 0.05) is 33.0 Å². The Kier molecular flexibility index (Phi) is 6.77. The van der Waals surface area contributed by atoms with Gasteiger partial charge in [0.15, 0.2) is 11.6 Å². The molecule has 0 amide bonds. The highest BCUT2D eigenvalue weighted by molar-refractivity contribution is 5.78. The van der Waals surface area contributed by atoms with E-state index in [0.717, 1.165) is 11.3 Å². The molecule has 7 heteroatoms. The van der Waals surface area contributed by atoms with Crippen LogP contribution in [0.5, 0.6) is 0 Å². The van der Waals surface area contributed by atoms with Crippen LogP contribution < -0.4 is 16.0 Å². The van der Waals surface area contributed by atoms with Crippen LogP contribution in [-0.2, 0) is 9.47 Å². The molecular weight excluding hydrogens is 306 g/mol. The van der Waals surface area contributed by atoms with Crippen molar-refractivity contribution in [2.45, 2.75) is 6.92 Å². The maximum Gasteiger partial charge on any atom is 0.159 e. The van der Waals surface area contributed by atoms with Crippen LogP contribution in [-0.4, -0.2) is 50.5 Å². The summed E-state index contributed by atoms with van der Waals surface area (Å²) in [6.07, 6.45) is 1.51. The first-order chi connectivity index (χ1) is 11.7. The lowest BCUT2D eigenvalue weighted by Gasteiger charge is -2.25. The first-order valence-corrected chi connectivity index (χ1v) is 7.83. The second-order valence-electron chi connectivity index (χ2n) is 5.37. The monoisotopic (exact) mass is 331 g/mol. The zero-order valence-electron chi connectivity index (χ0n) is 14.5. The molecule has 0 radical (unpaired) electrons. The molecule has 2 aromatic rings. The molecule has 0 aliphatic heterocycles. The largest absolute Gasteiger partial charge is 0.393 e. The third-order valence-corrected chi connectivity index (χ3v) is 3.69. The molecule has 1 heterocycles. The number of hydrogen-bond acceptors (Lipinski definition) is 7. The number of nitrogen functional groups attached to an aromatic ring is 1. The summed E-state index contributed by atoms with van der Waals surface area (Å²) in [7, 11) is 3.34. The van der Waals surface area contributed by atoms with Crippen molar-refractivity contribution in [3.63, 3.8) is 0 Å². The molecule has 0 aliphatic rings. The summed E-state index contributed by atoms with van der Waals surface area (Å²) in [5, 5.41) is 3.28. The van der Waals surface area contributed by atoms with Gasteiger partial charge in [-0.2, -0.15) is 0 Å². The van der Waals surface area contributed by atoms with E-state index in [1.54, 1.807) is 14.2 Å². The van der Waals surface area contributed by atoms with Crippen LogP contribution in [0.4, 0.5) is 23.0 Å². The van der Waals surface area contributed by atoms with Gasteiger partial charge in [0.2, 0.25) is 0 Å². The van der Waals surface area contributed by atoms with Gasteiger partial charge in [0.1, 0.15) is 12.0 Å². The number of nitrogens with two attached hydrogens (primary N) is 1. The second-order valence-corrected chi connectivity index (χ2v) is 5.37. The Morgan fingerprint density at radius 1 is 1.08 bits per heavy atom. The second kappa shape index (κ2) is 9.05. The number of aryl methyl sites for hydroxylation is 1. The van der Waals surface area contributed by atoms with E-state index in [1.807, 2.05) is 36.1 Å². The molecule has 0 saturated carbocycles. The molecule has 24 heavy (non-hydrogen) atoms. The third-order valence-electron chi connectivity index (χ3n) is 3.69.